The minimum atomic E-state index is -3.10. The van der Waals surface area contributed by atoms with Gasteiger partial charge < -0.3 is 13.3 Å². The molecule has 0 heterocycles. The molecule has 0 aromatic heterocycles. The third kappa shape index (κ3) is 11.1. The molecule has 0 aliphatic carbocycles. The third-order valence-electron chi connectivity index (χ3n) is 7.67. The summed E-state index contributed by atoms with van der Waals surface area (Å²) >= 11 is 0. The van der Waals surface area contributed by atoms with Crippen molar-refractivity contribution in [3.8, 4) is 0 Å². The molecule has 0 atom stereocenters. The van der Waals surface area contributed by atoms with Crippen LogP contribution < -0.4 is 0 Å². The lowest BCUT2D eigenvalue weighted by molar-refractivity contribution is 0.122. The van der Waals surface area contributed by atoms with Gasteiger partial charge in [-0.3, -0.25) is 18.7 Å². The van der Waals surface area contributed by atoms with E-state index in [4.69, 9.17) is 31.3 Å². The molecule has 0 rings (SSSR count). The third-order valence-corrected chi connectivity index (χ3v) is 29.5. The first-order valence-electron chi connectivity index (χ1n) is 14.6. The fourth-order valence-electron chi connectivity index (χ4n) is 4.53. The minimum Gasteiger partial charge on any atom is -0.377 e. The molecule has 0 saturated heterocycles. The zero-order valence-electron chi connectivity index (χ0n) is 32.0. The number of nitrogens with zero attached hydrogens (tertiary/aromatic N) is 11. The van der Waals surface area contributed by atoms with Gasteiger partial charge >= 0.3 is 16.7 Å². The van der Waals surface area contributed by atoms with Crippen LogP contribution in [0.4, 0.5) is 0 Å². The molecule has 0 aliphatic rings. The molecule has 0 spiro atoms. The fourth-order valence-corrected chi connectivity index (χ4v) is 25.0. The maximum absolute atomic E-state index is 5.99. The van der Waals surface area contributed by atoms with Crippen molar-refractivity contribution in [3.05, 3.63) is 0 Å². The molecule has 0 bridgehead atoms. The summed E-state index contributed by atoms with van der Waals surface area (Å²) in [5.41, 5.74) is 0. The average molecular weight is 743 g/mol. The van der Waals surface area contributed by atoms with Crippen LogP contribution >= 0.6 is 37.1 Å². The summed E-state index contributed by atoms with van der Waals surface area (Å²) in [6.45, 7) is 12.0. The Morgan fingerprint density at radius 3 is 1.11 bits per heavy atom. The van der Waals surface area contributed by atoms with Crippen LogP contribution in [0.5, 0.6) is 0 Å². The van der Waals surface area contributed by atoms with Crippen LogP contribution in [0.3, 0.4) is 0 Å². The first kappa shape index (κ1) is 45.2. The van der Waals surface area contributed by atoms with Gasteiger partial charge in [-0.1, -0.05) is 4.52 Å². The summed E-state index contributed by atoms with van der Waals surface area (Å²) in [6.07, 6.45) is 0.820. The van der Waals surface area contributed by atoms with Crippen LogP contribution in [0.25, 0.3) is 0 Å². The van der Waals surface area contributed by atoms with E-state index in [0.29, 0.717) is 6.04 Å². The Morgan fingerprint density at radius 2 is 0.864 bits per heavy atom. The summed E-state index contributed by atoms with van der Waals surface area (Å²) in [5, 5.41) is 0. The van der Waals surface area contributed by atoms with Crippen molar-refractivity contribution in [2.45, 2.75) is 12.5 Å². The maximum atomic E-state index is 5.99. The Morgan fingerprint density at radius 1 is 0.523 bits per heavy atom. The van der Waals surface area contributed by atoms with Crippen LogP contribution in [0.1, 0.15) is 6.42 Å². The monoisotopic (exact) mass is 742 g/mol. The molecule has 0 radical (unpaired) electrons. The highest BCUT2D eigenvalue weighted by molar-refractivity contribution is 7.88. The first-order chi connectivity index (χ1) is 19.8. The van der Waals surface area contributed by atoms with E-state index >= 15 is 0 Å². The molecule has 0 aromatic rings. The number of hydrogen-bond donors (Lipinski definition) is 0. The average Bonchev–Trinajstić information content (AvgIpc) is 2.87. The Balaban J connectivity index is 8.43. The smallest absolute Gasteiger partial charge is 0.377 e. The van der Waals surface area contributed by atoms with E-state index in [1.807, 2.05) is 0 Å². The van der Waals surface area contributed by atoms with Gasteiger partial charge in [-0.15, -0.1) is 0 Å². The van der Waals surface area contributed by atoms with Crippen molar-refractivity contribution < 1.29 is 13.3 Å². The second kappa shape index (κ2) is 17.7. The van der Waals surface area contributed by atoms with Crippen molar-refractivity contribution in [1.82, 2.24) is 32.7 Å². The highest BCUT2D eigenvalue weighted by atomic mass is 31.3. The zero-order chi connectivity index (χ0) is 35.1. The molecule has 0 aromatic carbocycles. The molecule has 0 aliphatic heterocycles. The van der Waals surface area contributed by atoms with Gasteiger partial charge in [0.25, 0.3) is 0 Å². The number of hydrogen-bond acceptors (Lipinski definition) is 7. The second-order valence-corrected chi connectivity index (χ2v) is 33.9. The Kier molecular flexibility index (Phi) is 18.2. The molecule has 0 saturated carbocycles. The van der Waals surface area contributed by atoms with Crippen LogP contribution in [-0.2, 0) is 13.3 Å². The molecule has 0 unspecified atom stereocenters. The lowest BCUT2D eigenvalue weighted by atomic mass is 10.5. The number of rotatable bonds is 18. The van der Waals surface area contributed by atoms with Crippen molar-refractivity contribution in [1.29, 1.82) is 0 Å². The standard InChI is InChI=1S/C24H69N11O3P5Si/c1-29(2)40(20,30(3)4)26-42(25-39(17,18)19,27-41(21,31(5)6)32(7)8)28-43(33(9)10,34(11)12)35(13)23-22-24-44(36-14,37-15)38-16/h22-24H2,1-21H3/q+1. The van der Waals surface area contributed by atoms with Gasteiger partial charge in [-0.05, 0) is 132 Å². The van der Waals surface area contributed by atoms with Gasteiger partial charge in [-0.2, -0.15) is 0 Å². The van der Waals surface area contributed by atoms with Gasteiger partial charge in [0.15, 0.2) is 0 Å². The van der Waals surface area contributed by atoms with Crippen LogP contribution in [0, 0.1) is 0 Å². The zero-order valence-corrected chi connectivity index (χ0v) is 37.5. The normalized spacial score (nSPS) is 14.6. The molecule has 20 heteroatoms. The van der Waals surface area contributed by atoms with Crippen molar-refractivity contribution in [2.24, 2.45) is 18.1 Å². The maximum Gasteiger partial charge on any atom is 0.500 e. The minimum absolute atomic E-state index is 0.699. The summed E-state index contributed by atoms with van der Waals surface area (Å²) < 4.78 is 56.4. The predicted octanol–water partition coefficient (Wildman–Crippen LogP) is 6.59. The van der Waals surface area contributed by atoms with E-state index in [9.17, 15) is 0 Å². The van der Waals surface area contributed by atoms with Crippen LogP contribution in [0.15, 0.2) is 18.1 Å². The fraction of sp³-hybridized carbons (Fsp3) is 1.00. The van der Waals surface area contributed by atoms with Crippen LogP contribution in [0.2, 0.25) is 6.04 Å². The van der Waals surface area contributed by atoms with Gasteiger partial charge in [0, 0.05) is 54.3 Å². The second-order valence-electron chi connectivity index (χ2n) is 13.0. The molecule has 0 amide bonds. The molecular formula is C24H69N11O3P5Si+. The molecule has 0 fully saturated rings. The summed E-state index contributed by atoms with van der Waals surface area (Å²) in [6, 6.07) is 0.699. The van der Waals surface area contributed by atoms with E-state index in [1.54, 1.807) is 21.3 Å². The molecular weight excluding hydrogens is 673 g/mol. The summed E-state index contributed by atoms with van der Waals surface area (Å²) in [5.74, 6) is 0. The van der Waals surface area contributed by atoms with E-state index in [2.05, 4.69) is 158 Å². The summed E-state index contributed by atoms with van der Waals surface area (Å²) in [7, 11) is 17.8. The SMILES string of the molecule is CO[Si](CCCN(C)P(=N[P+](N=P(C)(C)C)(N=P(C)(N(C)C)N(C)C)N=P(C)(N(C)C)N(C)C)(N(C)C)N(C)C)(OC)OC. The van der Waals surface area contributed by atoms with Gasteiger partial charge in [0.05, 0.1) is 0 Å². The molecule has 14 nitrogen and oxygen atoms in total. The van der Waals surface area contributed by atoms with E-state index in [-0.39, 0.29) is 0 Å². The van der Waals surface area contributed by atoms with Crippen molar-refractivity contribution in [3.63, 3.8) is 0 Å². The molecule has 44 heavy (non-hydrogen) atoms. The van der Waals surface area contributed by atoms with E-state index in [0.717, 1.165) is 13.0 Å². The van der Waals surface area contributed by atoms with Gasteiger partial charge in [-0.25, -0.2) is 14.0 Å². The molecule has 266 valence electrons. The lowest BCUT2D eigenvalue weighted by Crippen LogP contribution is -2.43. The van der Waals surface area contributed by atoms with Crippen molar-refractivity contribution in [2.75, 3.05) is 153 Å². The Hall–Kier alpha value is 1.17. The largest absolute Gasteiger partial charge is 0.500 e. The quantitative estimate of drug-likeness (QED) is 0.113. The highest BCUT2D eigenvalue weighted by Gasteiger charge is 2.52. The lowest BCUT2D eigenvalue weighted by Gasteiger charge is -2.42. The van der Waals surface area contributed by atoms with Gasteiger partial charge in [0.1, 0.15) is 14.7 Å². The van der Waals surface area contributed by atoms with E-state index < -0.39 is 45.9 Å². The van der Waals surface area contributed by atoms with Gasteiger partial charge in [0.2, 0.25) is 7.51 Å². The first-order valence-corrected chi connectivity index (χ1v) is 27.0. The highest BCUT2D eigenvalue weighted by Crippen LogP contribution is 2.84. The Labute approximate surface area is 274 Å². The molecule has 0 N–H and O–H groups in total. The predicted molar refractivity (Wildman–Crippen MR) is 205 cm³/mol. The topological polar surface area (TPSA) is 99.8 Å². The van der Waals surface area contributed by atoms with E-state index in [1.165, 1.54) is 0 Å². The van der Waals surface area contributed by atoms with Crippen LogP contribution in [-0.4, -0.2) is 194 Å². The summed E-state index contributed by atoms with van der Waals surface area (Å²) in [4.78, 5) is 0. The Bertz CT molecular complexity index is 1050. The van der Waals surface area contributed by atoms with Crippen molar-refractivity contribution >= 4 is 45.9 Å².